The van der Waals surface area contributed by atoms with E-state index in [0.717, 1.165) is 0 Å². The number of rotatable bonds is 4. The molecule has 0 saturated carbocycles. The van der Waals surface area contributed by atoms with Crippen LogP contribution in [0.3, 0.4) is 0 Å². The highest BCUT2D eigenvalue weighted by Gasteiger charge is 2.23. The van der Waals surface area contributed by atoms with Crippen molar-refractivity contribution in [2.45, 2.75) is 12.5 Å². The van der Waals surface area contributed by atoms with Crippen LogP contribution in [0.5, 0.6) is 5.75 Å². The van der Waals surface area contributed by atoms with Gasteiger partial charge in [-0.15, -0.1) is 0 Å². The Kier molecular flexibility index (Phi) is 3.43. The molecular formula is C10H15NO3. The molecule has 14 heavy (non-hydrogen) atoms. The Morgan fingerprint density at radius 3 is 2.71 bits per heavy atom. The molecule has 0 aliphatic heterocycles. The molecule has 0 saturated heterocycles. The van der Waals surface area contributed by atoms with E-state index in [1.807, 2.05) is 0 Å². The van der Waals surface area contributed by atoms with Crippen molar-refractivity contribution in [1.29, 1.82) is 0 Å². The van der Waals surface area contributed by atoms with E-state index < -0.39 is 5.60 Å². The minimum atomic E-state index is -1.03. The summed E-state index contributed by atoms with van der Waals surface area (Å²) in [6.07, 6.45) is 3.19. The lowest BCUT2D eigenvalue weighted by Crippen LogP contribution is -2.27. The molecule has 0 radical (unpaired) electrons. The fourth-order valence-electron chi connectivity index (χ4n) is 1.19. The first-order valence-electron chi connectivity index (χ1n) is 4.31. The van der Waals surface area contributed by atoms with Crippen LogP contribution in [-0.2, 0) is 10.3 Å². The predicted molar refractivity (Wildman–Crippen MR) is 52.2 cm³/mol. The van der Waals surface area contributed by atoms with Crippen LogP contribution in [0.1, 0.15) is 12.5 Å². The largest absolute Gasteiger partial charge is 0.495 e. The Balaban J connectivity index is 2.93. The first kappa shape index (κ1) is 10.9. The molecule has 1 unspecified atom stereocenters. The monoisotopic (exact) mass is 197 g/mol. The van der Waals surface area contributed by atoms with Gasteiger partial charge < -0.3 is 14.6 Å². The van der Waals surface area contributed by atoms with Gasteiger partial charge in [-0.25, -0.2) is 0 Å². The zero-order valence-corrected chi connectivity index (χ0v) is 8.65. The number of pyridine rings is 1. The van der Waals surface area contributed by atoms with Crippen LogP contribution < -0.4 is 4.74 Å². The predicted octanol–water partition coefficient (Wildman–Crippen LogP) is 0.944. The maximum atomic E-state index is 9.99. The van der Waals surface area contributed by atoms with E-state index in [9.17, 15) is 5.11 Å². The summed E-state index contributed by atoms with van der Waals surface area (Å²) in [5.41, 5.74) is -0.352. The van der Waals surface area contributed by atoms with Gasteiger partial charge in [-0.2, -0.15) is 0 Å². The topological polar surface area (TPSA) is 51.6 Å². The molecule has 1 aromatic heterocycles. The number of nitrogens with zero attached hydrogens (tertiary/aromatic N) is 1. The van der Waals surface area contributed by atoms with Crippen molar-refractivity contribution in [2.24, 2.45) is 0 Å². The molecule has 1 N–H and O–H groups in total. The molecule has 0 aliphatic rings. The molecule has 4 nitrogen and oxygen atoms in total. The minimum absolute atomic E-state index is 0.224. The first-order chi connectivity index (χ1) is 6.60. The zero-order chi connectivity index (χ0) is 10.6. The molecule has 78 valence electrons. The van der Waals surface area contributed by atoms with Crippen LogP contribution in [0.15, 0.2) is 18.5 Å². The number of hydrogen-bond acceptors (Lipinski definition) is 4. The second kappa shape index (κ2) is 4.39. The van der Waals surface area contributed by atoms with Crippen molar-refractivity contribution in [2.75, 3.05) is 20.8 Å². The van der Waals surface area contributed by atoms with E-state index in [1.165, 1.54) is 0 Å². The molecule has 1 heterocycles. The molecule has 0 amide bonds. The fraction of sp³-hybridized carbons (Fsp3) is 0.500. The van der Waals surface area contributed by atoms with Crippen LogP contribution in [0.25, 0.3) is 0 Å². The Hall–Kier alpha value is -1.13. The summed E-state index contributed by atoms with van der Waals surface area (Å²) in [5.74, 6) is 0.624. The highest BCUT2D eigenvalue weighted by molar-refractivity contribution is 5.27. The molecular weight excluding hydrogens is 182 g/mol. The van der Waals surface area contributed by atoms with Gasteiger partial charge in [0.1, 0.15) is 11.4 Å². The molecule has 0 bridgehead atoms. The van der Waals surface area contributed by atoms with Gasteiger partial charge in [-0.1, -0.05) is 0 Å². The highest BCUT2D eigenvalue weighted by atomic mass is 16.5. The number of aromatic nitrogens is 1. The average Bonchev–Trinajstić information content (AvgIpc) is 2.18. The number of hydrogen-bond donors (Lipinski definition) is 1. The third-order valence-corrected chi connectivity index (χ3v) is 2.00. The summed E-state index contributed by atoms with van der Waals surface area (Å²) in [5, 5.41) is 9.99. The van der Waals surface area contributed by atoms with Crippen LogP contribution in [0, 0.1) is 0 Å². The normalized spacial score (nSPS) is 14.9. The summed E-state index contributed by atoms with van der Waals surface area (Å²) in [7, 11) is 3.11. The van der Waals surface area contributed by atoms with E-state index in [2.05, 4.69) is 4.98 Å². The van der Waals surface area contributed by atoms with E-state index in [1.54, 1.807) is 39.6 Å². The lowest BCUT2D eigenvalue weighted by Gasteiger charge is -2.22. The van der Waals surface area contributed by atoms with Crippen molar-refractivity contribution in [1.82, 2.24) is 4.98 Å². The third-order valence-electron chi connectivity index (χ3n) is 2.00. The van der Waals surface area contributed by atoms with E-state index in [0.29, 0.717) is 11.3 Å². The summed E-state index contributed by atoms with van der Waals surface area (Å²) in [6, 6.07) is 1.74. The summed E-state index contributed by atoms with van der Waals surface area (Å²) < 4.78 is 9.93. The highest BCUT2D eigenvalue weighted by Crippen LogP contribution is 2.23. The van der Waals surface area contributed by atoms with E-state index in [4.69, 9.17) is 9.47 Å². The third kappa shape index (κ3) is 2.43. The van der Waals surface area contributed by atoms with Gasteiger partial charge in [0.05, 0.1) is 19.9 Å². The molecule has 1 aromatic rings. The average molecular weight is 197 g/mol. The Morgan fingerprint density at radius 2 is 2.14 bits per heavy atom. The van der Waals surface area contributed by atoms with E-state index >= 15 is 0 Å². The second-order valence-corrected chi connectivity index (χ2v) is 3.32. The molecule has 1 rings (SSSR count). The van der Waals surface area contributed by atoms with Crippen LogP contribution in [-0.4, -0.2) is 30.9 Å². The molecule has 1 atom stereocenters. The summed E-state index contributed by atoms with van der Waals surface area (Å²) in [4.78, 5) is 3.96. The number of aliphatic hydroxyl groups is 1. The summed E-state index contributed by atoms with van der Waals surface area (Å²) in [6.45, 7) is 1.90. The SMILES string of the molecule is COCC(C)(O)c1cncc(OC)c1. The maximum absolute atomic E-state index is 9.99. The number of methoxy groups -OCH3 is 2. The van der Waals surface area contributed by atoms with Gasteiger partial charge in [0.15, 0.2) is 0 Å². The van der Waals surface area contributed by atoms with E-state index in [-0.39, 0.29) is 6.61 Å². The molecule has 0 aliphatic carbocycles. The van der Waals surface area contributed by atoms with Crippen LogP contribution >= 0.6 is 0 Å². The smallest absolute Gasteiger partial charge is 0.137 e. The standard InChI is InChI=1S/C10H15NO3/c1-10(12,7-13-2)8-4-9(14-3)6-11-5-8/h4-6,12H,7H2,1-3H3. The quantitative estimate of drug-likeness (QED) is 0.780. The Labute approximate surface area is 83.5 Å². The Morgan fingerprint density at radius 1 is 1.43 bits per heavy atom. The van der Waals surface area contributed by atoms with Crippen LogP contribution in [0.2, 0.25) is 0 Å². The lowest BCUT2D eigenvalue weighted by molar-refractivity contribution is -0.0211. The van der Waals surface area contributed by atoms with Gasteiger partial charge in [0.2, 0.25) is 0 Å². The van der Waals surface area contributed by atoms with Crippen LogP contribution in [0.4, 0.5) is 0 Å². The molecule has 0 spiro atoms. The lowest BCUT2D eigenvalue weighted by atomic mass is 9.99. The van der Waals surface area contributed by atoms with Gasteiger partial charge >= 0.3 is 0 Å². The molecule has 0 fully saturated rings. The van der Waals surface area contributed by atoms with Crippen molar-refractivity contribution in [3.8, 4) is 5.75 Å². The second-order valence-electron chi connectivity index (χ2n) is 3.32. The van der Waals surface area contributed by atoms with Gasteiger partial charge in [-0.3, -0.25) is 4.98 Å². The fourth-order valence-corrected chi connectivity index (χ4v) is 1.19. The van der Waals surface area contributed by atoms with Crippen molar-refractivity contribution >= 4 is 0 Å². The van der Waals surface area contributed by atoms with Crippen molar-refractivity contribution < 1.29 is 14.6 Å². The molecule has 4 heteroatoms. The Bertz CT molecular complexity index is 299. The molecule has 0 aromatic carbocycles. The first-order valence-corrected chi connectivity index (χ1v) is 4.31. The van der Waals surface area contributed by atoms with Gasteiger partial charge in [0, 0.05) is 18.9 Å². The maximum Gasteiger partial charge on any atom is 0.137 e. The zero-order valence-electron chi connectivity index (χ0n) is 8.65. The minimum Gasteiger partial charge on any atom is -0.495 e. The van der Waals surface area contributed by atoms with Gasteiger partial charge in [0.25, 0.3) is 0 Å². The van der Waals surface area contributed by atoms with Crippen molar-refractivity contribution in [3.05, 3.63) is 24.0 Å². The number of ether oxygens (including phenoxy) is 2. The van der Waals surface area contributed by atoms with Crippen molar-refractivity contribution in [3.63, 3.8) is 0 Å². The van der Waals surface area contributed by atoms with Gasteiger partial charge in [-0.05, 0) is 13.0 Å². The summed E-state index contributed by atoms with van der Waals surface area (Å²) >= 11 is 0.